The molecule has 0 saturated heterocycles. The molecule has 0 aromatic rings. The normalized spacial score (nSPS) is 36.3. The SMILES string of the molecule is CCCCCCCCCC[C@H]1CC[C@H](C2CCC3(CC2)C(=O)C2(CCC([C@H]4CC[C@H](CCCCCCCCCC)CC4)CC2)C3(Cl)Cl)CC1. The van der Waals surface area contributed by atoms with E-state index in [0.29, 0.717) is 5.78 Å². The molecule has 5 saturated carbocycles. The molecule has 5 rings (SSSR count). The van der Waals surface area contributed by atoms with Crippen LogP contribution in [-0.2, 0) is 4.79 Å². The monoisotopic (exact) mass is 719 g/mol. The molecule has 0 N–H and O–H groups in total. The predicted octanol–water partition coefficient (Wildman–Crippen LogP) is 15.8. The summed E-state index contributed by atoms with van der Waals surface area (Å²) in [7, 11) is 0. The van der Waals surface area contributed by atoms with E-state index in [-0.39, 0.29) is 0 Å². The van der Waals surface area contributed by atoms with Crippen molar-refractivity contribution in [3.63, 3.8) is 0 Å². The van der Waals surface area contributed by atoms with E-state index in [1.165, 1.54) is 193 Å². The number of unbranched alkanes of at least 4 members (excludes halogenated alkanes) is 14. The van der Waals surface area contributed by atoms with Crippen molar-refractivity contribution in [2.45, 2.75) is 236 Å². The van der Waals surface area contributed by atoms with Gasteiger partial charge >= 0.3 is 0 Å². The Morgan fingerprint density at radius 2 is 0.714 bits per heavy atom. The van der Waals surface area contributed by atoms with Crippen molar-refractivity contribution < 1.29 is 4.79 Å². The molecule has 0 aliphatic heterocycles. The van der Waals surface area contributed by atoms with Gasteiger partial charge in [-0.15, -0.1) is 0 Å². The van der Waals surface area contributed by atoms with Gasteiger partial charge in [-0.2, -0.15) is 0 Å². The Hall–Kier alpha value is 0.250. The molecule has 0 heterocycles. The molecule has 2 spiro atoms. The summed E-state index contributed by atoms with van der Waals surface area (Å²) in [6.45, 7) is 4.61. The molecule has 0 amide bonds. The molecule has 5 aliphatic carbocycles. The molecule has 0 bridgehead atoms. The van der Waals surface area contributed by atoms with Crippen molar-refractivity contribution in [3.05, 3.63) is 0 Å². The molecule has 5 fully saturated rings. The molecule has 0 aromatic carbocycles. The van der Waals surface area contributed by atoms with Crippen LogP contribution in [-0.4, -0.2) is 10.1 Å². The fraction of sp³-hybridized carbons (Fsp3) is 0.978. The molecule has 5 aliphatic rings. The number of hydrogen-bond acceptors (Lipinski definition) is 1. The van der Waals surface area contributed by atoms with E-state index in [1.54, 1.807) is 0 Å². The van der Waals surface area contributed by atoms with Crippen molar-refractivity contribution >= 4 is 29.0 Å². The number of rotatable bonds is 20. The first-order valence-electron chi connectivity index (χ1n) is 22.8. The van der Waals surface area contributed by atoms with E-state index in [9.17, 15) is 4.79 Å². The standard InChI is InChI=1S/C46H80Cl2O/c1-3-5-7-9-11-13-15-17-19-37-21-25-39(26-22-37)41-29-33-44(34-30-41)43(49)45(46(44,47)48)35-31-42(32-36-45)40-27-23-38(24-28-40)20-18-16-14-12-10-8-6-4-2/h37-42H,3-36H2,1-2H3/t37-,38-,39-,40-,41?,42?,44?,45?. The number of hydrogen-bond donors (Lipinski definition) is 0. The highest BCUT2D eigenvalue weighted by molar-refractivity contribution is 6.55. The second-order valence-corrected chi connectivity index (χ2v) is 20.2. The van der Waals surface area contributed by atoms with Crippen LogP contribution >= 0.6 is 23.2 Å². The molecule has 49 heavy (non-hydrogen) atoms. The second kappa shape index (κ2) is 20.1. The summed E-state index contributed by atoms with van der Waals surface area (Å²) in [5, 5.41) is 0. The van der Waals surface area contributed by atoms with E-state index in [1.807, 2.05) is 0 Å². The van der Waals surface area contributed by atoms with Gasteiger partial charge in [-0.3, -0.25) is 4.79 Å². The third kappa shape index (κ3) is 9.87. The van der Waals surface area contributed by atoms with Crippen molar-refractivity contribution in [1.82, 2.24) is 0 Å². The van der Waals surface area contributed by atoms with Crippen LogP contribution in [0.3, 0.4) is 0 Å². The lowest BCUT2D eigenvalue weighted by Crippen LogP contribution is -2.74. The fourth-order valence-corrected chi connectivity index (χ4v) is 13.6. The zero-order chi connectivity index (χ0) is 34.6. The minimum absolute atomic E-state index is 0.444. The van der Waals surface area contributed by atoms with Crippen molar-refractivity contribution in [2.24, 2.45) is 46.3 Å². The fourth-order valence-electron chi connectivity index (χ4n) is 12.5. The first-order chi connectivity index (χ1) is 23.9. The molecule has 284 valence electrons. The first kappa shape index (κ1) is 40.4. The molecular formula is C46H80Cl2O. The lowest BCUT2D eigenvalue weighted by Gasteiger charge is -2.67. The summed E-state index contributed by atoms with van der Waals surface area (Å²) in [5.41, 5.74) is -0.887. The summed E-state index contributed by atoms with van der Waals surface area (Å²) in [6, 6.07) is 0. The highest BCUT2D eigenvalue weighted by Crippen LogP contribution is 2.75. The van der Waals surface area contributed by atoms with Crippen LogP contribution in [0.25, 0.3) is 0 Å². The lowest BCUT2D eigenvalue weighted by atomic mass is 9.41. The third-order valence-electron chi connectivity index (χ3n) is 15.9. The van der Waals surface area contributed by atoms with E-state index in [2.05, 4.69) is 13.8 Å². The zero-order valence-corrected chi connectivity index (χ0v) is 34.2. The average molecular weight is 720 g/mol. The van der Waals surface area contributed by atoms with Gasteiger partial charge < -0.3 is 0 Å². The highest BCUT2D eigenvalue weighted by Gasteiger charge is 2.79. The molecule has 3 heteroatoms. The number of ketones is 1. The van der Waals surface area contributed by atoms with E-state index in [4.69, 9.17) is 23.2 Å². The second-order valence-electron chi connectivity index (χ2n) is 18.8. The van der Waals surface area contributed by atoms with E-state index in [0.717, 1.165) is 61.2 Å². The van der Waals surface area contributed by atoms with Crippen molar-refractivity contribution in [3.8, 4) is 0 Å². The number of Topliss-reactive ketones (excluding diaryl/α,β-unsaturated/α-hetero) is 1. The Morgan fingerprint density at radius 1 is 0.429 bits per heavy atom. The van der Waals surface area contributed by atoms with E-state index >= 15 is 0 Å². The van der Waals surface area contributed by atoms with Gasteiger partial charge in [0.05, 0.1) is 10.8 Å². The van der Waals surface area contributed by atoms with Gasteiger partial charge in [0.25, 0.3) is 0 Å². The summed E-state index contributed by atoms with van der Waals surface area (Å²) in [4.78, 5) is 14.2. The van der Waals surface area contributed by atoms with Gasteiger partial charge in [-0.05, 0) is 113 Å². The van der Waals surface area contributed by atoms with Crippen LogP contribution in [0.15, 0.2) is 0 Å². The number of carbonyl (C=O) groups is 1. The Kier molecular flexibility index (Phi) is 16.6. The minimum atomic E-state index is -0.839. The van der Waals surface area contributed by atoms with Crippen LogP contribution in [0.1, 0.15) is 232 Å². The van der Waals surface area contributed by atoms with Gasteiger partial charge in [0, 0.05) is 0 Å². The zero-order valence-electron chi connectivity index (χ0n) is 32.7. The topological polar surface area (TPSA) is 17.1 Å². The number of carbonyl (C=O) groups excluding carboxylic acids is 1. The summed E-state index contributed by atoms with van der Waals surface area (Å²) in [6.07, 6.45) is 45.9. The van der Waals surface area contributed by atoms with Gasteiger partial charge in [0.2, 0.25) is 0 Å². The van der Waals surface area contributed by atoms with Gasteiger partial charge in [-0.25, -0.2) is 0 Å². The molecule has 0 unspecified atom stereocenters. The lowest BCUT2D eigenvalue weighted by molar-refractivity contribution is -0.173. The predicted molar refractivity (Wildman–Crippen MR) is 214 cm³/mol. The van der Waals surface area contributed by atoms with Crippen LogP contribution in [0.4, 0.5) is 0 Å². The maximum absolute atomic E-state index is 14.2. The minimum Gasteiger partial charge on any atom is -0.298 e. The van der Waals surface area contributed by atoms with Crippen LogP contribution < -0.4 is 0 Å². The third-order valence-corrected chi connectivity index (χ3v) is 17.3. The van der Waals surface area contributed by atoms with Gasteiger partial charge in [-0.1, -0.05) is 178 Å². The molecule has 0 atom stereocenters. The van der Waals surface area contributed by atoms with Crippen LogP contribution in [0.5, 0.6) is 0 Å². The Balaban J connectivity index is 0.956. The maximum atomic E-state index is 14.2. The maximum Gasteiger partial charge on any atom is 0.151 e. The van der Waals surface area contributed by atoms with E-state index < -0.39 is 15.2 Å². The van der Waals surface area contributed by atoms with Gasteiger partial charge in [0.15, 0.2) is 5.78 Å². The first-order valence-corrected chi connectivity index (χ1v) is 23.5. The summed E-state index contributed by atoms with van der Waals surface area (Å²) >= 11 is 14.9. The Labute approximate surface area is 315 Å². The van der Waals surface area contributed by atoms with Crippen LogP contribution in [0.2, 0.25) is 0 Å². The quantitative estimate of drug-likeness (QED) is 0.0904. The average Bonchev–Trinajstić information content (AvgIpc) is 3.14. The molecule has 0 aromatic heterocycles. The Morgan fingerprint density at radius 3 is 1.02 bits per heavy atom. The smallest absolute Gasteiger partial charge is 0.151 e. The summed E-state index contributed by atoms with van der Waals surface area (Å²) < 4.78 is -0.839. The molecular weight excluding hydrogens is 639 g/mol. The number of alkyl halides is 2. The van der Waals surface area contributed by atoms with Crippen molar-refractivity contribution in [2.75, 3.05) is 0 Å². The largest absolute Gasteiger partial charge is 0.298 e. The van der Waals surface area contributed by atoms with Gasteiger partial charge in [0.1, 0.15) is 4.33 Å². The summed E-state index contributed by atoms with van der Waals surface area (Å²) in [5.74, 6) is 5.79. The van der Waals surface area contributed by atoms with Crippen molar-refractivity contribution in [1.29, 1.82) is 0 Å². The molecule has 0 radical (unpaired) electrons. The van der Waals surface area contributed by atoms with Crippen LogP contribution in [0, 0.1) is 46.3 Å². The number of halogens is 2. The highest BCUT2D eigenvalue weighted by atomic mass is 35.5. The molecule has 1 nitrogen and oxygen atoms in total. The Bertz CT molecular complexity index is 853.